The Morgan fingerprint density at radius 3 is 2.88 bits per heavy atom. The summed E-state index contributed by atoms with van der Waals surface area (Å²) in [4.78, 5) is 38.0. The summed E-state index contributed by atoms with van der Waals surface area (Å²) >= 11 is 0. The number of imide groups is 1. The van der Waals surface area contributed by atoms with Gasteiger partial charge in [0.25, 0.3) is 5.91 Å². The molecule has 0 radical (unpaired) electrons. The SMILES string of the molecule is C[C@@]1(NCc2cccc3c2CN(C2CCC(=O)NC2=O)C3=O)CCNC1. The Morgan fingerprint density at radius 2 is 2.15 bits per heavy atom. The number of piperidine rings is 1. The van der Waals surface area contributed by atoms with Crippen molar-refractivity contribution < 1.29 is 14.4 Å². The molecule has 3 aliphatic rings. The molecule has 1 aromatic carbocycles. The van der Waals surface area contributed by atoms with Gasteiger partial charge in [0.15, 0.2) is 0 Å². The van der Waals surface area contributed by atoms with Crippen LogP contribution in [0.2, 0.25) is 0 Å². The van der Waals surface area contributed by atoms with Gasteiger partial charge < -0.3 is 15.5 Å². The van der Waals surface area contributed by atoms with Crippen LogP contribution in [-0.4, -0.2) is 47.3 Å². The number of hydrogen-bond donors (Lipinski definition) is 3. The van der Waals surface area contributed by atoms with Gasteiger partial charge in [0.2, 0.25) is 11.8 Å². The second kappa shape index (κ2) is 6.48. The molecular formula is C19H24N4O3. The van der Waals surface area contributed by atoms with Crippen LogP contribution in [0.4, 0.5) is 0 Å². The molecule has 7 nitrogen and oxygen atoms in total. The fourth-order valence-corrected chi connectivity index (χ4v) is 4.09. The van der Waals surface area contributed by atoms with E-state index < -0.39 is 6.04 Å². The summed E-state index contributed by atoms with van der Waals surface area (Å²) in [5.74, 6) is -0.754. The van der Waals surface area contributed by atoms with Gasteiger partial charge in [-0.25, -0.2) is 0 Å². The average Bonchev–Trinajstić information content (AvgIpc) is 3.18. The summed E-state index contributed by atoms with van der Waals surface area (Å²) in [5, 5.41) is 9.33. The highest BCUT2D eigenvalue weighted by molar-refractivity contribution is 6.05. The topological polar surface area (TPSA) is 90.5 Å². The lowest BCUT2D eigenvalue weighted by Gasteiger charge is -2.29. The van der Waals surface area contributed by atoms with Gasteiger partial charge in [0.1, 0.15) is 6.04 Å². The van der Waals surface area contributed by atoms with Gasteiger partial charge in [0.05, 0.1) is 0 Å². The third kappa shape index (κ3) is 3.01. The summed E-state index contributed by atoms with van der Waals surface area (Å²) in [7, 11) is 0. The second-order valence-electron chi connectivity index (χ2n) is 7.68. The summed E-state index contributed by atoms with van der Waals surface area (Å²) < 4.78 is 0. The lowest BCUT2D eigenvalue weighted by atomic mass is 9.99. The maximum atomic E-state index is 12.8. The van der Waals surface area contributed by atoms with Crippen LogP contribution >= 0.6 is 0 Å². The molecule has 2 fully saturated rings. The first kappa shape index (κ1) is 17.2. The van der Waals surface area contributed by atoms with Crippen LogP contribution in [-0.2, 0) is 22.7 Å². The Kier molecular flexibility index (Phi) is 4.28. The Hall–Kier alpha value is -2.25. The fourth-order valence-electron chi connectivity index (χ4n) is 4.09. The van der Waals surface area contributed by atoms with Gasteiger partial charge >= 0.3 is 0 Å². The van der Waals surface area contributed by atoms with Crippen molar-refractivity contribution in [2.75, 3.05) is 13.1 Å². The zero-order valence-corrected chi connectivity index (χ0v) is 14.9. The molecule has 3 N–H and O–H groups in total. The normalized spacial score (nSPS) is 28.4. The number of carbonyl (C=O) groups is 3. The quantitative estimate of drug-likeness (QED) is 0.675. The van der Waals surface area contributed by atoms with Crippen molar-refractivity contribution in [3.8, 4) is 0 Å². The molecule has 0 aliphatic carbocycles. The summed E-state index contributed by atoms with van der Waals surface area (Å²) in [6.07, 6.45) is 1.74. The van der Waals surface area contributed by atoms with E-state index in [-0.39, 0.29) is 29.7 Å². The number of benzene rings is 1. The van der Waals surface area contributed by atoms with Crippen LogP contribution in [0.5, 0.6) is 0 Å². The van der Waals surface area contributed by atoms with Gasteiger partial charge in [-0.2, -0.15) is 0 Å². The monoisotopic (exact) mass is 356 g/mol. The van der Waals surface area contributed by atoms with Gasteiger partial charge in [-0.3, -0.25) is 19.7 Å². The molecule has 3 amide bonds. The van der Waals surface area contributed by atoms with E-state index in [1.807, 2.05) is 18.2 Å². The van der Waals surface area contributed by atoms with Crippen LogP contribution in [0.3, 0.4) is 0 Å². The summed E-state index contributed by atoms with van der Waals surface area (Å²) in [5.41, 5.74) is 2.82. The summed E-state index contributed by atoms with van der Waals surface area (Å²) in [6, 6.07) is 5.20. The molecule has 7 heteroatoms. The van der Waals surface area contributed by atoms with Crippen molar-refractivity contribution in [2.24, 2.45) is 0 Å². The highest BCUT2D eigenvalue weighted by Crippen LogP contribution is 2.30. The minimum atomic E-state index is -0.565. The van der Waals surface area contributed by atoms with Gasteiger partial charge in [-0.05, 0) is 43.5 Å². The van der Waals surface area contributed by atoms with E-state index in [4.69, 9.17) is 0 Å². The molecular weight excluding hydrogens is 332 g/mol. The van der Waals surface area contributed by atoms with E-state index in [0.717, 1.165) is 30.6 Å². The molecule has 0 bridgehead atoms. The van der Waals surface area contributed by atoms with E-state index in [0.29, 0.717) is 25.1 Å². The van der Waals surface area contributed by atoms with E-state index in [2.05, 4.69) is 22.9 Å². The van der Waals surface area contributed by atoms with Crippen LogP contribution in [0.1, 0.15) is 47.7 Å². The van der Waals surface area contributed by atoms with E-state index in [1.165, 1.54) is 0 Å². The molecule has 0 spiro atoms. The number of amides is 3. The van der Waals surface area contributed by atoms with Crippen molar-refractivity contribution in [3.63, 3.8) is 0 Å². The van der Waals surface area contributed by atoms with Gasteiger partial charge in [-0.1, -0.05) is 12.1 Å². The zero-order chi connectivity index (χ0) is 18.3. The standard InChI is InChI=1S/C19H24N4O3/c1-19(7-8-20-11-19)21-9-12-3-2-4-13-14(12)10-23(18(13)26)15-5-6-16(24)22-17(15)25/h2-4,15,20-21H,5-11H2,1H3,(H,22,24,25)/t15?,19-/m1/s1. The lowest BCUT2D eigenvalue weighted by molar-refractivity contribution is -0.136. The first-order valence-corrected chi connectivity index (χ1v) is 9.18. The van der Waals surface area contributed by atoms with Crippen LogP contribution < -0.4 is 16.0 Å². The maximum Gasteiger partial charge on any atom is 0.255 e. The van der Waals surface area contributed by atoms with E-state index >= 15 is 0 Å². The fraction of sp³-hybridized carbons (Fsp3) is 0.526. The number of hydrogen-bond acceptors (Lipinski definition) is 5. The third-order valence-electron chi connectivity index (χ3n) is 5.75. The Balaban J connectivity index is 1.52. The molecule has 1 unspecified atom stereocenters. The Labute approximate surface area is 152 Å². The Morgan fingerprint density at radius 1 is 1.31 bits per heavy atom. The smallest absolute Gasteiger partial charge is 0.255 e. The van der Waals surface area contributed by atoms with Gasteiger partial charge in [-0.15, -0.1) is 0 Å². The molecule has 138 valence electrons. The highest BCUT2D eigenvalue weighted by atomic mass is 16.2. The average molecular weight is 356 g/mol. The van der Waals surface area contributed by atoms with Crippen molar-refractivity contribution >= 4 is 17.7 Å². The molecule has 2 atom stereocenters. The number of nitrogens with zero attached hydrogens (tertiary/aromatic N) is 1. The third-order valence-corrected chi connectivity index (χ3v) is 5.75. The van der Waals surface area contributed by atoms with Crippen LogP contribution in [0, 0.1) is 0 Å². The first-order valence-electron chi connectivity index (χ1n) is 9.18. The molecule has 2 saturated heterocycles. The minimum absolute atomic E-state index is 0.0641. The van der Waals surface area contributed by atoms with Crippen molar-refractivity contribution in [3.05, 3.63) is 34.9 Å². The summed E-state index contributed by atoms with van der Waals surface area (Å²) in [6.45, 7) is 5.27. The van der Waals surface area contributed by atoms with Crippen LogP contribution in [0.25, 0.3) is 0 Å². The number of rotatable bonds is 4. The molecule has 1 aromatic rings. The largest absolute Gasteiger partial charge is 0.322 e. The molecule has 3 heterocycles. The van der Waals surface area contributed by atoms with Crippen molar-refractivity contribution in [1.82, 2.24) is 20.9 Å². The van der Waals surface area contributed by atoms with Crippen molar-refractivity contribution in [2.45, 2.75) is 50.9 Å². The maximum absolute atomic E-state index is 12.8. The number of nitrogens with one attached hydrogen (secondary N) is 3. The molecule has 0 aromatic heterocycles. The highest BCUT2D eigenvalue weighted by Gasteiger charge is 2.39. The van der Waals surface area contributed by atoms with Gasteiger partial charge in [0, 0.05) is 37.2 Å². The number of carbonyl (C=O) groups excluding carboxylic acids is 3. The molecule has 0 saturated carbocycles. The second-order valence-corrected chi connectivity index (χ2v) is 7.68. The molecule has 26 heavy (non-hydrogen) atoms. The van der Waals surface area contributed by atoms with Crippen LogP contribution in [0.15, 0.2) is 18.2 Å². The zero-order valence-electron chi connectivity index (χ0n) is 14.9. The predicted molar refractivity (Wildman–Crippen MR) is 95.2 cm³/mol. The predicted octanol–water partition coefficient (Wildman–Crippen LogP) is 0.289. The van der Waals surface area contributed by atoms with E-state index in [1.54, 1.807) is 4.90 Å². The number of fused-ring (bicyclic) bond motifs is 1. The first-order chi connectivity index (χ1) is 12.5. The molecule has 4 rings (SSSR count). The lowest BCUT2D eigenvalue weighted by Crippen LogP contribution is -2.52. The Bertz CT molecular complexity index is 770. The van der Waals surface area contributed by atoms with Crippen molar-refractivity contribution in [1.29, 1.82) is 0 Å². The minimum Gasteiger partial charge on any atom is -0.322 e. The molecule has 3 aliphatic heterocycles. The van der Waals surface area contributed by atoms with E-state index in [9.17, 15) is 14.4 Å².